The van der Waals surface area contributed by atoms with Gasteiger partial charge in [0, 0.05) is 0 Å². The van der Waals surface area contributed by atoms with E-state index in [4.69, 9.17) is 10.3 Å². The summed E-state index contributed by atoms with van der Waals surface area (Å²) in [6.45, 7) is -0.272. The van der Waals surface area contributed by atoms with Crippen molar-refractivity contribution >= 4 is 17.2 Å². The fourth-order valence-corrected chi connectivity index (χ4v) is 0.417. The number of carbonyl (C=O) groups excluding carboxylic acids is 1. The van der Waals surface area contributed by atoms with Crippen LogP contribution in [0.3, 0.4) is 0 Å². The van der Waals surface area contributed by atoms with Gasteiger partial charge >= 0.3 is 0 Å². The van der Waals surface area contributed by atoms with Gasteiger partial charge in [-0.3, -0.25) is 14.1 Å². The average molecular weight is 138 g/mol. The maximum atomic E-state index is 10.0. The minimum absolute atomic E-state index is 0.272. The van der Waals surface area contributed by atoms with Crippen molar-refractivity contribution in [1.29, 1.82) is 0 Å². The SMILES string of the molecule is NCC(=O)NS(=O)O. The van der Waals surface area contributed by atoms with E-state index in [2.05, 4.69) is 0 Å². The van der Waals surface area contributed by atoms with Gasteiger partial charge in [0.2, 0.25) is 5.91 Å². The topological polar surface area (TPSA) is 92.4 Å². The van der Waals surface area contributed by atoms with Crippen molar-refractivity contribution in [3.05, 3.63) is 0 Å². The molecule has 0 fully saturated rings. The Bertz CT molecular complexity index is 114. The smallest absolute Gasteiger partial charge is 0.261 e. The molecule has 0 spiro atoms. The highest BCUT2D eigenvalue weighted by atomic mass is 32.2. The van der Waals surface area contributed by atoms with Crippen molar-refractivity contribution in [2.75, 3.05) is 6.54 Å². The van der Waals surface area contributed by atoms with Crippen molar-refractivity contribution in [1.82, 2.24) is 4.72 Å². The summed E-state index contributed by atoms with van der Waals surface area (Å²) in [6, 6.07) is 0. The van der Waals surface area contributed by atoms with Crippen LogP contribution in [0.15, 0.2) is 0 Å². The molecule has 5 nitrogen and oxygen atoms in total. The van der Waals surface area contributed by atoms with Gasteiger partial charge < -0.3 is 5.73 Å². The van der Waals surface area contributed by atoms with Crippen molar-refractivity contribution in [2.24, 2.45) is 5.73 Å². The molecule has 8 heavy (non-hydrogen) atoms. The third kappa shape index (κ3) is 3.72. The van der Waals surface area contributed by atoms with Gasteiger partial charge in [-0.2, -0.15) is 0 Å². The van der Waals surface area contributed by atoms with Crippen LogP contribution in [0, 0.1) is 0 Å². The number of hydrogen-bond acceptors (Lipinski definition) is 3. The van der Waals surface area contributed by atoms with Gasteiger partial charge in [0.1, 0.15) is 0 Å². The number of amides is 1. The molecule has 6 heteroatoms. The molecule has 1 amide bonds. The first-order valence-electron chi connectivity index (χ1n) is 1.77. The lowest BCUT2D eigenvalue weighted by Crippen LogP contribution is -2.31. The van der Waals surface area contributed by atoms with E-state index in [-0.39, 0.29) is 6.54 Å². The molecule has 0 rings (SSSR count). The van der Waals surface area contributed by atoms with Crippen LogP contribution in [0.1, 0.15) is 0 Å². The Morgan fingerprint density at radius 1 is 1.88 bits per heavy atom. The zero-order chi connectivity index (χ0) is 6.57. The lowest BCUT2D eigenvalue weighted by molar-refractivity contribution is -0.118. The fraction of sp³-hybridized carbons (Fsp3) is 0.500. The minimum atomic E-state index is -2.28. The largest absolute Gasteiger partial charge is 0.322 e. The molecule has 0 aromatic rings. The first-order valence-corrected chi connectivity index (χ1v) is 2.88. The number of hydrogen-bond donors (Lipinski definition) is 3. The Morgan fingerprint density at radius 2 is 2.38 bits per heavy atom. The van der Waals surface area contributed by atoms with E-state index >= 15 is 0 Å². The quantitative estimate of drug-likeness (QED) is 0.392. The standard InChI is InChI=1S/C2H6N2O3S/c3-1-2(5)4-8(6)7/h1,3H2,(H,4,5)(H,6,7). The molecule has 0 saturated heterocycles. The molecule has 1 unspecified atom stereocenters. The number of nitrogens with one attached hydrogen (secondary N) is 1. The van der Waals surface area contributed by atoms with E-state index in [1.54, 1.807) is 4.72 Å². The van der Waals surface area contributed by atoms with Crippen LogP contribution in [0.4, 0.5) is 0 Å². The van der Waals surface area contributed by atoms with Crippen molar-refractivity contribution in [3.8, 4) is 0 Å². The molecule has 1 atom stereocenters. The first kappa shape index (κ1) is 7.54. The maximum absolute atomic E-state index is 10.0. The van der Waals surface area contributed by atoms with E-state index in [9.17, 15) is 9.00 Å². The minimum Gasteiger partial charge on any atom is -0.322 e. The first-order chi connectivity index (χ1) is 3.66. The Labute approximate surface area is 48.7 Å². The second kappa shape index (κ2) is 3.53. The predicted octanol–water partition coefficient (Wildman–Crippen LogP) is -1.80. The molecule has 0 aromatic heterocycles. The lowest BCUT2D eigenvalue weighted by Gasteiger charge is -1.92. The summed E-state index contributed by atoms with van der Waals surface area (Å²) >= 11 is -2.28. The van der Waals surface area contributed by atoms with Crippen LogP contribution < -0.4 is 10.5 Å². The van der Waals surface area contributed by atoms with Crippen LogP contribution in [-0.2, 0) is 16.1 Å². The zero-order valence-corrected chi connectivity index (χ0v) is 4.77. The van der Waals surface area contributed by atoms with Crippen molar-refractivity contribution < 1.29 is 13.6 Å². The zero-order valence-electron chi connectivity index (χ0n) is 3.96. The summed E-state index contributed by atoms with van der Waals surface area (Å²) in [5.74, 6) is -0.647. The third-order valence-corrected chi connectivity index (χ3v) is 0.789. The molecule has 0 aliphatic rings. The summed E-state index contributed by atoms with van der Waals surface area (Å²) < 4.78 is 19.3. The van der Waals surface area contributed by atoms with E-state index in [1.807, 2.05) is 0 Å². The Balaban J connectivity index is 3.40. The van der Waals surface area contributed by atoms with Crippen molar-refractivity contribution in [3.63, 3.8) is 0 Å². The van der Waals surface area contributed by atoms with Gasteiger partial charge in [-0.15, -0.1) is 0 Å². The van der Waals surface area contributed by atoms with E-state index < -0.39 is 17.2 Å². The number of carbonyl (C=O) groups is 1. The van der Waals surface area contributed by atoms with Crippen LogP contribution in [0.2, 0.25) is 0 Å². The molecule has 0 heterocycles. The maximum Gasteiger partial charge on any atom is 0.261 e. The highest BCUT2D eigenvalue weighted by Gasteiger charge is 1.97. The van der Waals surface area contributed by atoms with Gasteiger partial charge in [-0.25, -0.2) is 4.21 Å². The van der Waals surface area contributed by atoms with Gasteiger partial charge in [0.05, 0.1) is 6.54 Å². The molecule has 0 aromatic carbocycles. The Kier molecular flexibility index (Phi) is 3.33. The Hall–Kier alpha value is -0.460. The van der Waals surface area contributed by atoms with Crippen molar-refractivity contribution in [2.45, 2.75) is 0 Å². The number of nitrogens with two attached hydrogens (primary N) is 1. The lowest BCUT2D eigenvalue weighted by atomic mass is 10.7. The highest BCUT2D eigenvalue weighted by molar-refractivity contribution is 7.77. The monoisotopic (exact) mass is 138 g/mol. The second-order valence-corrected chi connectivity index (χ2v) is 1.68. The summed E-state index contributed by atoms with van der Waals surface area (Å²) in [4.78, 5) is 10.0. The predicted molar refractivity (Wildman–Crippen MR) is 28.0 cm³/mol. The van der Waals surface area contributed by atoms with Crippen LogP contribution >= 0.6 is 0 Å². The molecule has 0 radical (unpaired) electrons. The molecule has 48 valence electrons. The summed E-state index contributed by atoms with van der Waals surface area (Å²) in [7, 11) is 0. The summed E-state index contributed by atoms with van der Waals surface area (Å²) in [5.41, 5.74) is 4.76. The molecule has 4 N–H and O–H groups in total. The fourth-order valence-electron chi connectivity index (χ4n) is 0.139. The normalized spacial score (nSPS) is 12.8. The van der Waals surface area contributed by atoms with Crippen LogP contribution in [0.25, 0.3) is 0 Å². The number of rotatable bonds is 2. The van der Waals surface area contributed by atoms with Gasteiger partial charge in [-0.1, -0.05) is 0 Å². The van der Waals surface area contributed by atoms with E-state index in [0.717, 1.165) is 0 Å². The summed E-state index contributed by atoms with van der Waals surface area (Å²) in [5, 5.41) is 0. The van der Waals surface area contributed by atoms with Gasteiger partial charge in [0.15, 0.2) is 0 Å². The second-order valence-electron chi connectivity index (χ2n) is 0.979. The highest BCUT2D eigenvalue weighted by Crippen LogP contribution is 1.61. The molecule has 0 aliphatic heterocycles. The van der Waals surface area contributed by atoms with Crippen LogP contribution in [-0.4, -0.2) is 21.2 Å². The molecular weight excluding hydrogens is 132 g/mol. The molecule has 0 saturated carbocycles. The summed E-state index contributed by atoms with van der Waals surface area (Å²) in [6.07, 6.45) is 0. The van der Waals surface area contributed by atoms with Gasteiger partial charge in [0.25, 0.3) is 11.3 Å². The van der Waals surface area contributed by atoms with Gasteiger partial charge in [-0.05, 0) is 0 Å². The van der Waals surface area contributed by atoms with Crippen LogP contribution in [0.5, 0.6) is 0 Å². The molecule has 0 aliphatic carbocycles. The van der Waals surface area contributed by atoms with E-state index in [0.29, 0.717) is 0 Å². The molecule has 0 bridgehead atoms. The molecular formula is C2H6N2O3S. The average Bonchev–Trinajstić information content (AvgIpc) is 1.65. The Morgan fingerprint density at radius 3 is 2.50 bits per heavy atom. The van der Waals surface area contributed by atoms with E-state index in [1.165, 1.54) is 0 Å². The third-order valence-electron chi connectivity index (χ3n) is 0.387.